The molecule has 0 unspecified atom stereocenters. The van der Waals surface area contributed by atoms with Gasteiger partial charge < -0.3 is 0 Å². The molecule has 1 aliphatic carbocycles. The standard InChI is InChI=1S/C27H24SeTe/c1-17-15-18(2)27(19(3)16-17)29-24-14-12-21-10-9-20-11-13-23(26(24)25(20)21)28-22-7-5-4-6-8-22/h4-8,11-16H,9-10H2,1-3H3. The van der Waals surface area contributed by atoms with Crippen LogP contribution in [-0.2, 0) is 12.8 Å². The summed E-state index contributed by atoms with van der Waals surface area (Å²) >= 11 is -0.0876. The first-order valence-electron chi connectivity index (χ1n) is 10.2. The summed E-state index contributed by atoms with van der Waals surface area (Å²) in [6.07, 6.45) is 2.41. The third-order valence-corrected chi connectivity index (χ3v) is 12.0. The summed E-state index contributed by atoms with van der Waals surface area (Å²) in [7, 11) is 0. The molecule has 4 aromatic rings. The van der Waals surface area contributed by atoms with E-state index < -0.39 is 20.9 Å². The topological polar surface area (TPSA) is 0 Å². The Morgan fingerprint density at radius 1 is 0.724 bits per heavy atom. The SMILES string of the molecule is Cc1cc(C)c([Te]c2ccc3c4c(ccc([Se]c5ccccc5)c24)CC3)c(C)c1. The van der Waals surface area contributed by atoms with Crippen molar-refractivity contribution in [1.82, 2.24) is 0 Å². The van der Waals surface area contributed by atoms with Gasteiger partial charge in [-0.1, -0.05) is 0 Å². The fourth-order valence-corrected chi connectivity index (χ4v) is 10.2. The van der Waals surface area contributed by atoms with Crippen LogP contribution in [0.5, 0.6) is 0 Å². The van der Waals surface area contributed by atoms with Crippen molar-refractivity contribution >= 4 is 62.8 Å². The van der Waals surface area contributed by atoms with E-state index in [0.717, 1.165) is 0 Å². The van der Waals surface area contributed by atoms with E-state index in [1.54, 1.807) is 33.6 Å². The molecule has 0 saturated heterocycles. The van der Waals surface area contributed by atoms with Crippen LogP contribution >= 0.6 is 0 Å². The van der Waals surface area contributed by atoms with Crippen molar-refractivity contribution in [1.29, 1.82) is 0 Å². The Balaban J connectivity index is 1.68. The monoisotopic (exact) mass is 558 g/mol. The minimum absolute atomic E-state index is 0.347. The predicted octanol–water partition coefficient (Wildman–Crippen LogP) is 3.17. The summed E-state index contributed by atoms with van der Waals surface area (Å²) in [5, 5.41) is 3.19. The number of rotatable bonds is 4. The van der Waals surface area contributed by atoms with Gasteiger partial charge in [0.15, 0.2) is 0 Å². The van der Waals surface area contributed by atoms with Crippen LogP contribution in [0.2, 0.25) is 0 Å². The molecule has 0 bridgehead atoms. The Morgan fingerprint density at radius 2 is 1.38 bits per heavy atom. The fourth-order valence-electron chi connectivity index (χ4n) is 4.49. The molecule has 2 heteroatoms. The summed E-state index contributed by atoms with van der Waals surface area (Å²) in [6, 6.07) is 25.5. The first-order chi connectivity index (χ1) is 14.1. The van der Waals surface area contributed by atoms with Crippen LogP contribution in [0.4, 0.5) is 0 Å². The zero-order chi connectivity index (χ0) is 20.0. The van der Waals surface area contributed by atoms with E-state index >= 15 is 0 Å². The Labute approximate surface area is 190 Å². The molecule has 0 saturated carbocycles. The predicted molar refractivity (Wildman–Crippen MR) is 128 cm³/mol. The van der Waals surface area contributed by atoms with E-state index in [1.807, 2.05) is 0 Å². The van der Waals surface area contributed by atoms with E-state index in [0.29, 0.717) is 15.0 Å². The van der Waals surface area contributed by atoms with Gasteiger partial charge in [0.05, 0.1) is 0 Å². The van der Waals surface area contributed by atoms with Crippen LogP contribution in [0.3, 0.4) is 0 Å². The Kier molecular flexibility index (Phi) is 5.32. The van der Waals surface area contributed by atoms with Crippen molar-refractivity contribution in [3.8, 4) is 0 Å². The van der Waals surface area contributed by atoms with E-state index in [4.69, 9.17) is 0 Å². The average Bonchev–Trinajstić information content (AvgIpc) is 3.12. The van der Waals surface area contributed by atoms with Crippen LogP contribution in [-0.4, -0.2) is 35.9 Å². The molecule has 29 heavy (non-hydrogen) atoms. The van der Waals surface area contributed by atoms with Gasteiger partial charge in [-0.05, 0) is 0 Å². The van der Waals surface area contributed by atoms with Crippen molar-refractivity contribution in [2.75, 3.05) is 0 Å². The van der Waals surface area contributed by atoms with Crippen LogP contribution in [0.25, 0.3) is 10.8 Å². The summed E-state index contributed by atoms with van der Waals surface area (Å²) in [4.78, 5) is 0. The molecule has 0 fully saturated rings. The molecular formula is C27H24SeTe. The second-order valence-corrected chi connectivity index (χ2v) is 13.3. The molecular weight excluding hydrogens is 531 g/mol. The molecule has 4 aromatic carbocycles. The number of hydrogen-bond acceptors (Lipinski definition) is 0. The summed E-state index contributed by atoms with van der Waals surface area (Å²) in [5.41, 5.74) is 7.46. The molecule has 0 N–H and O–H groups in total. The van der Waals surface area contributed by atoms with E-state index in [2.05, 4.69) is 87.5 Å². The molecule has 1 aliphatic rings. The fraction of sp³-hybridized carbons (Fsp3) is 0.185. The Hall–Kier alpha value is -1.55. The zero-order valence-electron chi connectivity index (χ0n) is 17.1. The summed E-state index contributed by atoms with van der Waals surface area (Å²) < 4.78 is 6.28. The van der Waals surface area contributed by atoms with Gasteiger partial charge in [0.1, 0.15) is 0 Å². The van der Waals surface area contributed by atoms with E-state index in [9.17, 15) is 0 Å². The molecule has 0 amide bonds. The van der Waals surface area contributed by atoms with Gasteiger partial charge in [0.25, 0.3) is 0 Å². The van der Waals surface area contributed by atoms with Gasteiger partial charge in [-0.2, -0.15) is 0 Å². The summed E-state index contributed by atoms with van der Waals surface area (Å²) in [6.45, 7) is 6.81. The van der Waals surface area contributed by atoms with Gasteiger partial charge in [0, 0.05) is 0 Å². The van der Waals surface area contributed by atoms with Crippen molar-refractivity contribution in [2.45, 2.75) is 33.6 Å². The molecule has 0 atom stereocenters. The van der Waals surface area contributed by atoms with Crippen molar-refractivity contribution in [3.05, 3.63) is 94.5 Å². The third-order valence-electron chi connectivity index (χ3n) is 5.71. The van der Waals surface area contributed by atoms with E-state index in [1.165, 1.54) is 34.0 Å². The number of hydrogen-bond donors (Lipinski definition) is 0. The minimum atomic E-state index is -0.435. The molecule has 0 aromatic heterocycles. The summed E-state index contributed by atoms with van der Waals surface area (Å²) in [5.74, 6) is 0. The number of aryl methyl sites for hydroxylation is 5. The van der Waals surface area contributed by atoms with Crippen LogP contribution < -0.4 is 16.1 Å². The molecule has 5 rings (SSSR count). The zero-order valence-corrected chi connectivity index (χ0v) is 21.1. The van der Waals surface area contributed by atoms with Crippen molar-refractivity contribution in [2.24, 2.45) is 0 Å². The maximum absolute atomic E-state index is 2.47. The molecule has 0 spiro atoms. The molecule has 0 aliphatic heterocycles. The second kappa shape index (κ2) is 7.94. The van der Waals surface area contributed by atoms with Gasteiger partial charge >= 0.3 is 191 Å². The van der Waals surface area contributed by atoms with Gasteiger partial charge in [-0.15, -0.1) is 0 Å². The third kappa shape index (κ3) is 3.69. The first kappa shape index (κ1) is 19.4. The maximum atomic E-state index is 2.47. The average molecular weight is 555 g/mol. The second-order valence-electron chi connectivity index (χ2n) is 7.94. The van der Waals surface area contributed by atoms with Crippen LogP contribution in [0.1, 0.15) is 27.8 Å². The molecule has 0 radical (unpaired) electrons. The van der Waals surface area contributed by atoms with Gasteiger partial charge in [-0.3, -0.25) is 0 Å². The van der Waals surface area contributed by atoms with E-state index in [-0.39, 0.29) is 0 Å². The first-order valence-corrected chi connectivity index (χ1v) is 14.2. The molecule has 0 heterocycles. The Morgan fingerprint density at radius 3 is 2.07 bits per heavy atom. The molecule has 0 nitrogen and oxygen atoms in total. The molecule has 144 valence electrons. The number of benzene rings is 4. The van der Waals surface area contributed by atoms with Crippen LogP contribution in [0, 0.1) is 20.8 Å². The van der Waals surface area contributed by atoms with Gasteiger partial charge in [0.2, 0.25) is 0 Å². The van der Waals surface area contributed by atoms with Crippen molar-refractivity contribution in [3.63, 3.8) is 0 Å². The Bertz CT molecular complexity index is 1190. The van der Waals surface area contributed by atoms with Crippen molar-refractivity contribution < 1.29 is 0 Å². The normalized spacial score (nSPS) is 12.7. The van der Waals surface area contributed by atoms with Crippen LogP contribution in [0.15, 0.2) is 66.7 Å². The van der Waals surface area contributed by atoms with Gasteiger partial charge in [-0.25, -0.2) is 0 Å². The quantitative estimate of drug-likeness (QED) is 0.340.